The Labute approximate surface area is 448 Å². The summed E-state index contributed by atoms with van der Waals surface area (Å²) in [5.41, 5.74) is 0.387. The predicted molar refractivity (Wildman–Crippen MR) is 281 cm³/mol. The van der Waals surface area contributed by atoms with E-state index in [1.165, 1.54) is 7.11 Å². The van der Waals surface area contributed by atoms with Crippen LogP contribution in [0.1, 0.15) is 118 Å². The Morgan fingerprint density at radius 3 is 2.39 bits per heavy atom. The number of ether oxygens (including phenoxy) is 9. The molecule has 3 fully saturated rings. The molecule has 3 aliphatic rings. The van der Waals surface area contributed by atoms with Crippen molar-refractivity contribution in [1.82, 2.24) is 20.1 Å². The fourth-order valence-electron chi connectivity index (χ4n) is 10.5. The van der Waals surface area contributed by atoms with E-state index in [1.54, 1.807) is 59.8 Å². The maximum atomic E-state index is 14.2. The normalized spacial score (nSPS) is 33.6. The first-order valence-electron chi connectivity index (χ1n) is 27.1. The van der Waals surface area contributed by atoms with Crippen molar-refractivity contribution in [3.63, 3.8) is 0 Å². The number of aldehydes is 1. The number of hydrogen-bond donors (Lipinski definition) is 3. The number of rotatable bonds is 18. The number of fused-ring (bicyclic) bond motifs is 1. The van der Waals surface area contributed by atoms with Crippen LogP contribution >= 0.6 is 0 Å². The number of alkyl carbamates (subject to hydrolysis) is 1. The number of aliphatic hydroxyl groups excluding tert-OH is 2. The summed E-state index contributed by atoms with van der Waals surface area (Å²) in [4.78, 5) is 74.2. The smallest absolute Gasteiger partial charge is 0.407 e. The number of β-amino-alcohol motifs (C(OH)–C–C–N with tert-alkyl or cyclic N) is 1. The van der Waals surface area contributed by atoms with Crippen molar-refractivity contribution in [2.45, 2.75) is 198 Å². The Kier molecular flexibility index (Phi) is 24.5. The monoisotopic (exact) mass is 1070 g/mol. The zero-order chi connectivity index (χ0) is 55.7. The van der Waals surface area contributed by atoms with Crippen LogP contribution in [0.3, 0.4) is 0 Å². The molecule has 3 N–H and O–H groups in total. The van der Waals surface area contributed by atoms with E-state index in [9.17, 15) is 34.2 Å². The van der Waals surface area contributed by atoms with Crippen molar-refractivity contribution in [2.75, 3.05) is 47.9 Å². The van der Waals surface area contributed by atoms with Crippen LogP contribution in [-0.4, -0.2) is 188 Å². The summed E-state index contributed by atoms with van der Waals surface area (Å²) in [6.45, 7) is 13.5. The fourth-order valence-corrected chi connectivity index (χ4v) is 10.5. The number of para-hydroxylation sites is 1. The molecule has 1 aromatic carbocycles. The lowest BCUT2D eigenvalue weighted by Crippen LogP contribution is -2.66. The largest absolute Gasteiger partial charge is 0.462 e. The molecule has 0 aliphatic carbocycles. The molecule has 1 amide bonds. The first-order valence-corrected chi connectivity index (χ1v) is 27.1. The minimum Gasteiger partial charge on any atom is -0.462 e. The topological polar surface area (TPSA) is 240 Å². The summed E-state index contributed by atoms with van der Waals surface area (Å²) in [6, 6.07) is 9.01. The molecule has 2 aromatic rings. The van der Waals surface area contributed by atoms with Gasteiger partial charge in [0.25, 0.3) is 0 Å². The Bertz CT molecular complexity index is 2200. The molecule has 20 nitrogen and oxygen atoms in total. The van der Waals surface area contributed by atoms with Gasteiger partial charge in [0.05, 0.1) is 42.4 Å². The van der Waals surface area contributed by atoms with Gasteiger partial charge in [0.1, 0.15) is 36.8 Å². The van der Waals surface area contributed by atoms with Crippen LogP contribution in [0.15, 0.2) is 42.6 Å². The third kappa shape index (κ3) is 17.4. The van der Waals surface area contributed by atoms with Crippen molar-refractivity contribution in [1.29, 1.82) is 0 Å². The number of methoxy groups -OCH3 is 1. The minimum atomic E-state index is -1.45. The molecule has 76 heavy (non-hydrogen) atoms. The number of carbonyl (C=O) groups is 5. The molecule has 426 valence electrons. The summed E-state index contributed by atoms with van der Waals surface area (Å²) < 4.78 is 56.6. The van der Waals surface area contributed by atoms with Gasteiger partial charge >= 0.3 is 24.0 Å². The molecule has 3 saturated heterocycles. The van der Waals surface area contributed by atoms with Crippen LogP contribution in [0, 0.1) is 11.8 Å². The number of aromatic nitrogens is 1. The summed E-state index contributed by atoms with van der Waals surface area (Å²) in [6.07, 6.45) is -4.93. The second kappa shape index (κ2) is 29.9. The van der Waals surface area contributed by atoms with Crippen molar-refractivity contribution in [3.05, 3.63) is 48.2 Å². The number of amides is 1. The molecule has 20 heteroatoms. The molecule has 4 heterocycles. The molecule has 0 spiro atoms. The molecule has 0 bridgehead atoms. The van der Waals surface area contributed by atoms with E-state index in [-0.39, 0.29) is 32.1 Å². The van der Waals surface area contributed by atoms with E-state index in [2.05, 4.69) is 10.3 Å². The second-order valence-corrected chi connectivity index (χ2v) is 21.1. The number of nitrogens with one attached hydrogen (secondary N) is 1. The quantitative estimate of drug-likeness (QED) is 0.0914. The molecular weight excluding hydrogens is 985 g/mol. The van der Waals surface area contributed by atoms with Crippen molar-refractivity contribution in [2.24, 2.45) is 11.8 Å². The number of carbonyl (C=O) groups excluding carboxylic acids is 5. The van der Waals surface area contributed by atoms with E-state index in [0.29, 0.717) is 45.3 Å². The lowest BCUT2D eigenvalue weighted by Gasteiger charge is -2.50. The van der Waals surface area contributed by atoms with Crippen LogP contribution in [-0.2, 0) is 61.8 Å². The van der Waals surface area contributed by atoms with Crippen LogP contribution in [0.25, 0.3) is 17.0 Å². The number of hydrogen-bond acceptors (Lipinski definition) is 19. The first-order chi connectivity index (χ1) is 36.2. The minimum absolute atomic E-state index is 0.0292. The molecule has 0 radical (unpaired) electrons. The number of nitrogens with zero attached hydrogens (tertiary/aromatic N) is 3. The number of aliphatic hydroxyl groups is 2. The van der Waals surface area contributed by atoms with Gasteiger partial charge < -0.3 is 72.8 Å². The van der Waals surface area contributed by atoms with Gasteiger partial charge in [-0.2, -0.15) is 0 Å². The summed E-state index contributed by atoms with van der Waals surface area (Å²) in [7, 11) is 6.81. The van der Waals surface area contributed by atoms with Gasteiger partial charge in [0, 0.05) is 63.9 Å². The number of cyclic esters (lactones) is 1. The second-order valence-electron chi connectivity index (χ2n) is 21.1. The fraction of sp³-hybridized carbons (Fsp3) is 0.714. The maximum Gasteiger partial charge on any atom is 0.407 e. The number of likely N-dealkylation sites (N-methyl/N-ethyl adjacent to an activating group) is 2. The van der Waals surface area contributed by atoms with Crippen LogP contribution in [0.2, 0.25) is 0 Å². The van der Waals surface area contributed by atoms with E-state index in [1.807, 2.05) is 68.3 Å². The van der Waals surface area contributed by atoms with E-state index >= 15 is 0 Å². The number of benzene rings is 1. The van der Waals surface area contributed by atoms with Crippen LogP contribution in [0.4, 0.5) is 4.79 Å². The zero-order valence-corrected chi connectivity index (χ0v) is 46.5. The van der Waals surface area contributed by atoms with Crippen molar-refractivity contribution in [3.8, 4) is 0 Å². The molecule has 3 aliphatic heterocycles. The molecule has 0 unspecified atom stereocenters. The predicted octanol–water partition coefficient (Wildman–Crippen LogP) is 5.75. The van der Waals surface area contributed by atoms with Gasteiger partial charge in [0.15, 0.2) is 24.3 Å². The Hall–Kier alpha value is -4.64. The average Bonchev–Trinajstić information content (AvgIpc) is 3.37. The van der Waals surface area contributed by atoms with Gasteiger partial charge in [-0.15, -0.1) is 0 Å². The zero-order valence-electron chi connectivity index (χ0n) is 46.5. The third-order valence-corrected chi connectivity index (χ3v) is 14.6. The molecule has 1 aromatic heterocycles. The molecule has 0 saturated carbocycles. The Morgan fingerprint density at radius 2 is 1.71 bits per heavy atom. The van der Waals surface area contributed by atoms with E-state index < -0.39 is 128 Å². The summed E-state index contributed by atoms with van der Waals surface area (Å²) >= 11 is 0. The van der Waals surface area contributed by atoms with Crippen LogP contribution < -0.4 is 5.32 Å². The van der Waals surface area contributed by atoms with E-state index in [0.717, 1.165) is 22.8 Å². The Balaban J connectivity index is 1.45. The first kappa shape index (κ1) is 62.2. The highest BCUT2D eigenvalue weighted by atomic mass is 16.7. The highest BCUT2D eigenvalue weighted by molar-refractivity contribution is 5.80. The standard InChI is InChI=1S/C56H86N4O16/c1-12-25-57-55(67)75-53-36(6)69-47(31-56(53,7)76-45(64)14-3)73-50-35(5)70-54(49(66)48(50)59(8)9)74-51-39(24-27-61)28-34(4)42(62)33-60(10)26-18-22-40(71-46(65)30-43(52(51)68-11)72-44(63)13-2)21-17-19-37-29-38-20-15-16-23-41(38)58-32-37/h15-17,19-20,23,27,29,32,34-36,39-40,42-43,47-54,62,66H,12-14,18,21-22,24-26,28,30-31,33H2,1-11H3,(H,57,67)/b19-17+/t34-,35-,36+,39+,40+,42+,43-,47+,48-,49-,50-,51+,52+,53+,54+,56-/m1/s1. The lowest BCUT2D eigenvalue weighted by atomic mass is 9.82. The van der Waals surface area contributed by atoms with Crippen LogP contribution in [0.5, 0.6) is 0 Å². The lowest BCUT2D eigenvalue weighted by molar-refractivity contribution is -0.344. The number of pyridine rings is 1. The van der Waals surface area contributed by atoms with E-state index in [4.69, 9.17) is 42.6 Å². The van der Waals surface area contributed by atoms with Gasteiger partial charge in [0.2, 0.25) is 0 Å². The summed E-state index contributed by atoms with van der Waals surface area (Å²) in [5, 5.41) is 27.8. The highest BCUT2D eigenvalue weighted by Gasteiger charge is 2.55. The maximum absolute atomic E-state index is 14.2. The molecular formula is C56H86N4O16. The van der Waals surface area contributed by atoms with Crippen molar-refractivity contribution < 1.29 is 76.8 Å². The Morgan fingerprint density at radius 1 is 0.974 bits per heavy atom. The average molecular weight is 1070 g/mol. The molecule has 16 atom stereocenters. The van der Waals surface area contributed by atoms with Crippen molar-refractivity contribution >= 4 is 47.3 Å². The number of esters is 3. The highest BCUT2D eigenvalue weighted by Crippen LogP contribution is 2.39. The molecule has 5 rings (SSSR count). The van der Waals surface area contributed by atoms with Gasteiger partial charge in [-0.05, 0) is 104 Å². The van der Waals surface area contributed by atoms with Gasteiger partial charge in [-0.3, -0.25) is 19.4 Å². The van der Waals surface area contributed by atoms with Gasteiger partial charge in [-0.25, -0.2) is 4.79 Å². The summed E-state index contributed by atoms with van der Waals surface area (Å²) in [5.74, 6) is -2.91. The third-order valence-electron chi connectivity index (χ3n) is 14.6. The SMILES string of the molecule is CCCNC(=O)O[C@H]1[C@H](C)O[C@@H](O[C@H]2[C@H](N(C)C)[C@@H](O)[C@H](O[C@H]3[C@@H](CC=O)C[C@@H](C)[C@@H](O)CN(C)CCC[C@H](C/C=C/c4cnc5ccccc5c4)OC(=O)C[C@@H](OC(=O)CC)[C@@H]3OC)O[C@@H]2C)C[C@@]1(C)OC(=O)CC. The van der Waals surface area contributed by atoms with Gasteiger partial charge in [-0.1, -0.05) is 58.0 Å².